The van der Waals surface area contributed by atoms with E-state index in [1.165, 1.54) is 0 Å². The van der Waals surface area contributed by atoms with E-state index in [4.69, 9.17) is 0 Å². The summed E-state index contributed by atoms with van der Waals surface area (Å²) in [5.74, 6) is 1.32. The Kier molecular flexibility index (Phi) is 4.66. The van der Waals surface area contributed by atoms with Gasteiger partial charge in [0, 0.05) is 18.4 Å². The summed E-state index contributed by atoms with van der Waals surface area (Å²) in [6, 6.07) is 0.110. The molecular weight excluding hydrogens is 200 g/mol. The van der Waals surface area contributed by atoms with E-state index in [0.29, 0.717) is 17.8 Å². The normalized spacial score (nSPS) is 44.0. The topological polar surface area (TPSA) is 45.0 Å². The van der Waals surface area contributed by atoms with Crippen molar-refractivity contribution < 1.29 is 5.11 Å². The second kappa shape index (κ2) is 5.58. The molecule has 1 fully saturated rings. The Hall–Kier alpha value is -0.700. The number of hydrogen-bond donors (Lipinski definition) is 1. The summed E-state index contributed by atoms with van der Waals surface area (Å²) in [5.41, 5.74) is 0. The van der Waals surface area contributed by atoms with E-state index in [-0.39, 0.29) is 18.1 Å². The highest BCUT2D eigenvalue weighted by Gasteiger charge is 2.44. The number of aliphatic hydroxyl groups excluding tert-OH is 1. The fraction of sp³-hybridized carbons (Fsp3) is 0.846. The highest BCUT2D eigenvalue weighted by Crippen LogP contribution is 2.41. The van der Waals surface area contributed by atoms with Crippen LogP contribution in [0.4, 0.5) is 0 Å². The first-order valence-corrected chi connectivity index (χ1v) is 6.14. The van der Waals surface area contributed by atoms with E-state index in [2.05, 4.69) is 44.2 Å². The van der Waals surface area contributed by atoms with Crippen LogP contribution < -0.4 is 0 Å². The molecule has 0 saturated heterocycles. The van der Waals surface area contributed by atoms with Gasteiger partial charge in [-0.05, 0) is 25.3 Å². The Morgan fingerprint density at radius 1 is 1.12 bits per heavy atom. The first kappa shape index (κ1) is 13.4. The molecule has 1 aliphatic carbocycles. The molecule has 92 valence electrons. The summed E-state index contributed by atoms with van der Waals surface area (Å²) in [5, 5.41) is 10.3. The first-order valence-electron chi connectivity index (χ1n) is 6.14. The third-order valence-electron chi connectivity index (χ3n) is 4.33. The molecule has 6 atom stereocenters. The Bertz CT molecular complexity index is 254. The predicted octanol–water partition coefficient (Wildman–Crippen LogP) is 2.05. The zero-order valence-electron chi connectivity index (χ0n) is 10.6. The van der Waals surface area contributed by atoms with Crippen LogP contribution in [0.5, 0.6) is 0 Å². The Balaban J connectivity index is 2.95. The zero-order valence-corrected chi connectivity index (χ0v) is 10.6. The zero-order chi connectivity index (χ0) is 12.3. The number of rotatable bonds is 4. The molecule has 0 spiro atoms. The van der Waals surface area contributed by atoms with Crippen LogP contribution in [0.25, 0.3) is 0 Å². The molecule has 1 rings (SSSR count). The van der Waals surface area contributed by atoms with E-state index in [1.54, 1.807) is 0 Å². The molecular formula is C13H24N2O. The molecule has 0 aliphatic heterocycles. The summed E-state index contributed by atoms with van der Waals surface area (Å²) in [4.78, 5) is 8.22. The monoisotopic (exact) mass is 224 g/mol. The minimum Gasteiger partial charge on any atom is -0.392 e. The van der Waals surface area contributed by atoms with Gasteiger partial charge >= 0.3 is 0 Å². The lowest BCUT2D eigenvalue weighted by Crippen LogP contribution is -2.50. The van der Waals surface area contributed by atoms with Crippen molar-refractivity contribution in [2.75, 3.05) is 6.54 Å². The van der Waals surface area contributed by atoms with Crippen molar-refractivity contribution in [3.8, 4) is 0 Å². The van der Waals surface area contributed by atoms with Gasteiger partial charge in [0.15, 0.2) is 0 Å². The maximum Gasteiger partial charge on any atom is 0.0616 e. The summed E-state index contributed by atoms with van der Waals surface area (Å²) in [6.07, 6.45) is 0.737. The molecule has 0 heterocycles. The maximum atomic E-state index is 10.3. The molecule has 0 amide bonds. The van der Waals surface area contributed by atoms with Gasteiger partial charge in [0.1, 0.15) is 0 Å². The summed E-state index contributed by atoms with van der Waals surface area (Å²) >= 11 is 0. The average Bonchev–Trinajstić information content (AvgIpc) is 2.27. The van der Waals surface area contributed by atoms with E-state index in [0.717, 1.165) is 13.0 Å². The molecule has 3 nitrogen and oxygen atoms in total. The molecule has 1 saturated carbocycles. The van der Waals surface area contributed by atoms with Gasteiger partial charge in [0.25, 0.3) is 0 Å². The van der Waals surface area contributed by atoms with Crippen LogP contribution in [0, 0.1) is 23.7 Å². The number of nitrogens with zero attached hydrogens (tertiary/aromatic N) is 2. The van der Waals surface area contributed by atoms with Crippen molar-refractivity contribution in [3.05, 3.63) is 0 Å². The minimum absolute atomic E-state index is 0.110. The quantitative estimate of drug-likeness (QED) is 0.730. The van der Waals surface area contributed by atoms with Crippen LogP contribution in [0.3, 0.4) is 0 Å². The standard InChI is InChI=1S/C13H24N2O/c1-6-10-8(2)11(7-14-4)12(15-5)9(3)13(10)16/h8-13,16H,4-7H2,1-3H3/t8-,9?,10?,11?,12?,13?/m1/s1. The van der Waals surface area contributed by atoms with Crippen molar-refractivity contribution >= 4 is 13.4 Å². The van der Waals surface area contributed by atoms with Crippen LogP contribution in [-0.4, -0.2) is 37.2 Å². The summed E-state index contributed by atoms with van der Waals surface area (Å²) in [7, 11) is 0. The van der Waals surface area contributed by atoms with Crippen molar-refractivity contribution in [1.29, 1.82) is 0 Å². The molecule has 1 aliphatic rings. The Labute approximate surface area is 98.7 Å². The van der Waals surface area contributed by atoms with Crippen LogP contribution in [0.1, 0.15) is 27.2 Å². The molecule has 0 bridgehead atoms. The minimum atomic E-state index is -0.267. The molecule has 16 heavy (non-hydrogen) atoms. The van der Waals surface area contributed by atoms with Gasteiger partial charge in [-0.25, -0.2) is 0 Å². The first-order chi connectivity index (χ1) is 7.58. The third kappa shape index (κ3) is 2.19. The summed E-state index contributed by atoms with van der Waals surface area (Å²) < 4.78 is 0. The van der Waals surface area contributed by atoms with Gasteiger partial charge in [-0.3, -0.25) is 4.99 Å². The average molecular weight is 224 g/mol. The van der Waals surface area contributed by atoms with Gasteiger partial charge in [0.2, 0.25) is 0 Å². The Morgan fingerprint density at radius 2 is 1.75 bits per heavy atom. The van der Waals surface area contributed by atoms with Crippen LogP contribution in [0.2, 0.25) is 0 Å². The van der Waals surface area contributed by atoms with E-state index >= 15 is 0 Å². The number of hydrogen-bond acceptors (Lipinski definition) is 3. The lowest BCUT2D eigenvalue weighted by molar-refractivity contribution is -0.0418. The largest absolute Gasteiger partial charge is 0.392 e. The molecule has 0 aromatic rings. The molecule has 0 radical (unpaired) electrons. The van der Waals surface area contributed by atoms with Gasteiger partial charge in [0.05, 0.1) is 12.1 Å². The van der Waals surface area contributed by atoms with E-state index < -0.39 is 0 Å². The molecule has 0 aromatic carbocycles. The van der Waals surface area contributed by atoms with Gasteiger partial charge in [-0.15, -0.1) is 0 Å². The van der Waals surface area contributed by atoms with E-state index in [9.17, 15) is 5.11 Å². The fourth-order valence-electron chi connectivity index (χ4n) is 3.26. The lowest BCUT2D eigenvalue weighted by Gasteiger charge is -2.46. The number of aliphatic imine (C=N–C) groups is 2. The maximum absolute atomic E-state index is 10.3. The van der Waals surface area contributed by atoms with Crippen molar-refractivity contribution in [1.82, 2.24) is 0 Å². The predicted molar refractivity (Wildman–Crippen MR) is 69.4 cm³/mol. The second-order valence-corrected chi connectivity index (χ2v) is 5.02. The molecule has 1 N–H and O–H groups in total. The lowest BCUT2D eigenvalue weighted by atomic mass is 9.64. The van der Waals surface area contributed by atoms with Crippen LogP contribution in [0.15, 0.2) is 9.98 Å². The van der Waals surface area contributed by atoms with Crippen molar-refractivity contribution in [2.45, 2.75) is 39.3 Å². The van der Waals surface area contributed by atoms with Gasteiger partial charge in [-0.1, -0.05) is 27.2 Å². The van der Waals surface area contributed by atoms with Crippen LogP contribution >= 0.6 is 0 Å². The molecule has 5 unspecified atom stereocenters. The molecule has 0 aromatic heterocycles. The Morgan fingerprint density at radius 3 is 2.19 bits per heavy atom. The van der Waals surface area contributed by atoms with Gasteiger partial charge < -0.3 is 10.1 Å². The third-order valence-corrected chi connectivity index (χ3v) is 4.33. The second-order valence-electron chi connectivity index (χ2n) is 5.02. The summed E-state index contributed by atoms with van der Waals surface area (Å²) in [6.45, 7) is 14.4. The van der Waals surface area contributed by atoms with Crippen LogP contribution in [-0.2, 0) is 0 Å². The SMILES string of the molecule is C=NCC1C(N=C)C(C)C(O)C(CC)[C@H]1C. The van der Waals surface area contributed by atoms with E-state index in [1.807, 2.05) is 0 Å². The fourth-order valence-corrected chi connectivity index (χ4v) is 3.26. The molecule has 3 heteroatoms. The highest BCUT2D eigenvalue weighted by atomic mass is 16.3. The van der Waals surface area contributed by atoms with Crippen molar-refractivity contribution in [2.24, 2.45) is 33.7 Å². The highest BCUT2D eigenvalue weighted by molar-refractivity contribution is 5.26. The smallest absolute Gasteiger partial charge is 0.0616 e. The van der Waals surface area contributed by atoms with Crippen molar-refractivity contribution in [3.63, 3.8) is 0 Å². The number of aliphatic hydroxyl groups is 1. The van der Waals surface area contributed by atoms with Gasteiger partial charge in [-0.2, -0.15) is 0 Å².